The summed E-state index contributed by atoms with van der Waals surface area (Å²) in [6, 6.07) is 7.22. The van der Waals surface area contributed by atoms with E-state index in [0.29, 0.717) is 17.1 Å². The van der Waals surface area contributed by atoms with Crippen molar-refractivity contribution >= 4 is 5.97 Å². The smallest absolute Gasteiger partial charge is 0.339 e. The van der Waals surface area contributed by atoms with Crippen LogP contribution in [0.2, 0.25) is 0 Å². The Balaban J connectivity index is 2.15. The summed E-state index contributed by atoms with van der Waals surface area (Å²) < 4.78 is 1.47. The molecular weight excluding hydrogens is 268 g/mol. The van der Waals surface area contributed by atoms with Crippen molar-refractivity contribution in [3.63, 3.8) is 0 Å². The summed E-state index contributed by atoms with van der Waals surface area (Å²) >= 11 is 0. The molecule has 0 aliphatic rings. The van der Waals surface area contributed by atoms with Crippen molar-refractivity contribution in [3.8, 4) is 17.1 Å². The first kappa shape index (κ1) is 13.0. The Morgan fingerprint density at radius 3 is 2.81 bits per heavy atom. The third-order valence-electron chi connectivity index (χ3n) is 3.02. The molecule has 0 radical (unpaired) electrons. The summed E-state index contributed by atoms with van der Waals surface area (Å²) in [5.41, 5.74) is 2.17. The molecule has 0 aliphatic heterocycles. The molecule has 0 bridgehead atoms. The number of carbonyl (C=O) groups is 1. The Morgan fingerprint density at radius 2 is 2.14 bits per heavy atom. The molecule has 0 aromatic carbocycles. The maximum Gasteiger partial charge on any atom is 0.339 e. The first-order valence-electron chi connectivity index (χ1n) is 6.31. The van der Waals surface area contributed by atoms with Crippen molar-refractivity contribution in [3.05, 3.63) is 60.2 Å². The molecule has 3 heterocycles. The van der Waals surface area contributed by atoms with E-state index in [2.05, 4.69) is 15.1 Å². The van der Waals surface area contributed by atoms with Crippen LogP contribution >= 0.6 is 0 Å². The molecule has 6 heteroatoms. The Hall–Kier alpha value is -3.02. The van der Waals surface area contributed by atoms with E-state index in [1.54, 1.807) is 30.7 Å². The fraction of sp³-hybridized carbons (Fsp3) is 0.0667. The standard InChI is InChI=1S/C15H12N4O2/c1-10-4-6-17-13(7-10)19-9-12(15(20)21)14(18-19)11-3-2-5-16-8-11/h2-9H,1H3,(H,20,21). The zero-order valence-corrected chi connectivity index (χ0v) is 11.3. The van der Waals surface area contributed by atoms with Gasteiger partial charge in [0.15, 0.2) is 5.82 Å². The van der Waals surface area contributed by atoms with Gasteiger partial charge < -0.3 is 5.11 Å². The molecule has 104 valence electrons. The summed E-state index contributed by atoms with van der Waals surface area (Å²) in [5, 5.41) is 13.7. The van der Waals surface area contributed by atoms with Crippen LogP contribution in [0.25, 0.3) is 17.1 Å². The maximum atomic E-state index is 11.4. The van der Waals surface area contributed by atoms with Gasteiger partial charge in [-0.1, -0.05) is 0 Å². The van der Waals surface area contributed by atoms with Gasteiger partial charge in [-0.15, -0.1) is 0 Å². The van der Waals surface area contributed by atoms with Crippen LogP contribution in [0.5, 0.6) is 0 Å². The molecule has 0 aliphatic carbocycles. The molecular formula is C15H12N4O2. The van der Waals surface area contributed by atoms with E-state index in [9.17, 15) is 9.90 Å². The molecule has 0 unspecified atom stereocenters. The van der Waals surface area contributed by atoms with E-state index in [1.165, 1.54) is 10.9 Å². The van der Waals surface area contributed by atoms with Crippen LogP contribution in [0.3, 0.4) is 0 Å². The molecule has 0 atom stereocenters. The molecule has 1 N–H and O–H groups in total. The molecule has 3 rings (SSSR count). The van der Waals surface area contributed by atoms with Crippen molar-refractivity contribution in [1.29, 1.82) is 0 Å². The number of aromatic nitrogens is 4. The lowest BCUT2D eigenvalue weighted by molar-refractivity contribution is 0.0697. The number of aryl methyl sites for hydroxylation is 1. The fourth-order valence-corrected chi connectivity index (χ4v) is 2.01. The van der Waals surface area contributed by atoms with Gasteiger partial charge in [-0.3, -0.25) is 4.98 Å². The molecule has 21 heavy (non-hydrogen) atoms. The van der Waals surface area contributed by atoms with E-state index < -0.39 is 5.97 Å². The lowest BCUT2D eigenvalue weighted by atomic mass is 10.1. The Labute approximate surface area is 120 Å². The topological polar surface area (TPSA) is 80.9 Å². The Bertz CT molecular complexity index is 796. The molecule has 0 spiro atoms. The van der Waals surface area contributed by atoms with E-state index in [4.69, 9.17) is 0 Å². The van der Waals surface area contributed by atoms with Gasteiger partial charge in [0.2, 0.25) is 0 Å². The van der Waals surface area contributed by atoms with Crippen molar-refractivity contribution < 1.29 is 9.90 Å². The van der Waals surface area contributed by atoms with Crippen LogP contribution in [0.1, 0.15) is 15.9 Å². The molecule has 3 aromatic rings. The van der Waals surface area contributed by atoms with Crippen LogP contribution in [0.4, 0.5) is 0 Å². The van der Waals surface area contributed by atoms with Gasteiger partial charge in [-0.2, -0.15) is 5.10 Å². The third kappa shape index (κ3) is 2.51. The van der Waals surface area contributed by atoms with Crippen molar-refractivity contribution in [2.24, 2.45) is 0 Å². The predicted octanol–water partition coefficient (Wildman–Crippen LogP) is 2.34. The Morgan fingerprint density at radius 1 is 1.29 bits per heavy atom. The highest BCUT2D eigenvalue weighted by Crippen LogP contribution is 2.22. The second kappa shape index (κ2) is 5.16. The average Bonchev–Trinajstić information content (AvgIpc) is 2.93. The summed E-state index contributed by atoms with van der Waals surface area (Å²) in [5.74, 6) is -0.458. The average molecular weight is 280 g/mol. The first-order chi connectivity index (χ1) is 10.1. The lowest BCUT2D eigenvalue weighted by Gasteiger charge is -2.00. The lowest BCUT2D eigenvalue weighted by Crippen LogP contribution is -1.98. The number of carboxylic acids is 1. The number of nitrogens with zero attached hydrogens (tertiary/aromatic N) is 4. The monoisotopic (exact) mass is 280 g/mol. The van der Waals surface area contributed by atoms with E-state index in [-0.39, 0.29) is 5.56 Å². The zero-order valence-electron chi connectivity index (χ0n) is 11.3. The quantitative estimate of drug-likeness (QED) is 0.796. The summed E-state index contributed by atoms with van der Waals surface area (Å²) in [4.78, 5) is 19.6. The highest BCUT2D eigenvalue weighted by Gasteiger charge is 2.18. The number of aromatic carboxylic acids is 1. The van der Waals surface area contributed by atoms with Gasteiger partial charge in [0.1, 0.15) is 11.3 Å². The minimum absolute atomic E-state index is 0.117. The molecule has 0 saturated carbocycles. The number of pyridine rings is 2. The molecule has 3 aromatic heterocycles. The molecule has 0 saturated heterocycles. The predicted molar refractivity (Wildman–Crippen MR) is 76.3 cm³/mol. The number of carboxylic acid groups (broad SMARTS) is 1. The summed E-state index contributed by atoms with van der Waals surface area (Å²) in [6.07, 6.45) is 6.34. The van der Waals surface area contributed by atoms with E-state index >= 15 is 0 Å². The normalized spacial score (nSPS) is 10.5. The maximum absolute atomic E-state index is 11.4. The van der Waals surface area contributed by atoms with Crippen LogP contribution in [0.15, 0.2) is 49.1 Å². The van der Waals surface area contributed by atoms with Crippen LogP contribution < -0.4 is 0 Å². The minimum atomic E-state index is -1.03. The summed E-state index contributed by atoms with van der Waals surface area (Å²) in [7, 11) is 0. The molecule has 0 fully saturated rings. The van der Waals surface area contributed by atoms with Crippen LogP contribution in [-0.2, 0) is 0 Å². The minimum Gasteiger partial charge on any atom is -0.478 e. The second-order valence-corrected chi connectivity index (χ2v) is 4.57. The first-order valence-corrected chi connectivity index (χ1v) is 6.31. The number of rotatable bonds is 3. The van der Waals surface area contributed by atoms with Gasteiger partial charge in [0.05, 0.1) is 0 Å². The van der Waals surface area contributed by atoms with Crippen LogP contribution in [-0.4, -0.2) is 30.8 Å². The summed E-state index contributed by atoms with van der Waals surface area (Å²) in [6.45, 7) is 1.94. The number of hydrogen-bond acceptors (Lipinski definition) is 4. The fourth-order valence-electron chi connectivity index (χ4n) is 2.01. The second-order valence-electron chi connectivity index (χ2n) is 4.57. The van der Waals surface area contributed by atoms with E-state index in [0.717, 1.165) is 5.56 Å². The van der Waals surface area contributed by atoms with Crippen molar-refractivity contribution in [1.82, 2.24) is 19.7 Å². The Kier molecular flexibility index (Phi) is 3.19. The third-order valence-corrected chi connectivity index (χ3v) is 3.02. The molecule has 0 amide bonds. The number of hydrogen-bond donors (Lipinski definition) is 1. The zero-order chi connectivity index (χ0) is 14.8. The molecule has 6 nitrogen and oxygen atoms in total. The van der Waals surface area contributed by atoms with Crippen molar-refractivity contribution in [2.45, 2.75) is 6.92 Å². The van der Waals surface area contributed by atoms with E-state index in [1.807, 2.05) is 19.1 Å². The van der Waals surface area contributed by atoms with Gasteiger partial charge in [-0.05, 0) is 36.8 Å². The van der Waals surface area contributed by atoms with Gasteiger partial charge in [-0.25, -0.2) is 14.5 Å². The SMILES string of the molecule is Cc1ccnc(-n2cc(C(=O)O)c(-c3cccnc3)n2)c1. The van der Waals surface area contributed by atoms with Gasteiger partial charge in [0.25, 0.3) is 0 Å². The van der Waals surface area contributed by atoms with Crippen LogP contribution in [0, 0.1) is 6.92 Å². The van der Waals surface area contributed by atoms with Crippen molar-refractivity contribution in [2.75, 3.05) is 0 Å². The van der Waals surface area contributed by atoms with Gasteiger partial charge in [0, 0.05) is 30.4 Å². The highest BCUT2D eigenvalue weighted by molar-refractivity contribution is 5.94. The van der Waals surface area contributed by atoms with Gasteiger partial charge >= 0.3 is 5.97 Å². The highest BCUT2D eigenvalue weighted by atomic mass is 16.4. The largest absolute Gasteiger partial charge is 0.478 e.